The first-order chi connectivity index (χ1) is 12.9. The Balaban J connectivity index is 2.12. The summed E-state index contributed by atoms with van der Waals surface area (Å²) in [6.45, 7) is 7.78. The molecule has 1 aromatic carbocycles. The zero-order valence-electron chi connectivity index (χ0n) is 15.7. The lowest BCUT2D eigenvalue weighted by atomic mass is 9.94. The van der Waals surface area contributed by atoms with Gasteiger partial charge in [0.25, 0.3) is 0 Å². The van der Waals surface area contributed by atoms with E-state index in [1.807, 2.05) is 26.0 Å². The van der Waals surface area contributed by atoms with Crippen LogP contribution in [0.4, 0.5) is 0 Å². The Morgan fingerprint density at radius 1 is 1.26 bits per heavy atom. The van der Waals surface area contributed by atoms with Crippen LogP contribution in [0.15, 0.2) is 29.0 Å². The molecule has 0 saturated heterocycles. The Hall–Kier alpha value is -2.47. The highest BCUT2D eigenvalue weighted by Crippen LogP contribution is 2.43. The molecule has 0 amide bonds. The van der Waals surface area contributed by atoms with E-state index in [9.17, 15) is 9.59 Å². The van der Waals surface area contributed by atoms with Gasteiger partial charge in [0.1, 0.15) is 17.9 Å². The van der Waals surface area contributed by atoms with Crippen molar-refractivity contribution < 1.29 is 28.5 Å². The zero-order chi connectivity index (χ0) is 19.7. The van der Waals surface area contributed by atoms with Gasteiger partial charge in [0.05, 0.1) is 18.2 Å². The number of cyclic esters (lactones) is 1. The average molecular weight is 393 g/mol. The lowest BCUT2D eigenvalue weighted by Crippen LogP contribution is -2.27. The molecule has 2 aliphatic rings. The SMILES string of the molecule is CCOC(=O)C1=C(OCC)C(=O)OC1C1=C(Cl)c2c(ccc(C)c2C)OC1. The van der Waals surface area contributed by atoms with E-state index >= 15 is 0 Å². The van der Waals surface area contributed by atoms with Crippen molar-refractivity contribution in [3.8, 4) is 5.75 Å². The van der Waals surface area contributed by atoms with Crippen LogP contribution >= 0.6 is 11.6 Å². The number of carbonyl (C=O) groups is 2. The van der Waals surface area contributed by atoms with Crippen LogP contribution in [-0.2, 0) is 23.8 Å². The van der Waals surface area contributed by atoms with Gasteiger partial charge in [-0.05, 0) is 44.9 Å². The lowest BCUT2D eigenvalue weighted by molar-refractivity contribution is -0.142. The van der Waals surface area contributed by atoms with Gasteiger partial charge in [-0.1, -0.05) is 17.7 Å². The molecule has 0 N–H and O–H groups in total. The van der Waals surface area contributed by atoms with E-state index < -0.39 is 18.0 Å². The van der Waals surface area contributed by atoms with Crippen LogP contribution in [0, 0.1) is 13.8 Å². The van der Waals surface area contributed by atoms with Crippen molar-refractivity contribution in [2.45, 2.75) is 33.8 Å². The number of hydrogen-bond donors (Lipinski definition) is 0. The molecule has 0 spiro atoms. The second-order valence-electron chi connectivity index (χ2n) is 6.19. The number of ether oxygens (including phenoxy) is 4. The molecule has 0 bridgehead atoms. The summed E-state index contributed by atoms with van der Waals surface area (Å²) < 4.78 is 21.7. The Kier molecular flexibility index (Phi) is 5.46. The first-order valence-electron chi connectivity index (χ1n) is 8.77. The van der Waals surface area contributed by atoms with Gasteiger partial charge < -0.3 is 18.9 Å². The van der Waals surface area contributed by atoms with Crippen molar-refractivity contribution in [3.63, 3.8) is 0 Å². The van der Waals surface area contributed by atoms with Gasteiger partial charge in [-0.15, -0.1) is 0 Å². The van der Waals surface area contributed by atoms with Crippen molar-refractivity contribution >= 4 is 28.6 Å². The number of rotatable bonds is 5. The van der Waals surface area contributed by atoms with Crippen LogP contribution in [0.5, 0.6) is 5.75 Å². The molecule has 27 heavy (non-hydrogen) atoms. The lowest BCUT2D eigenvalue weighted by Gasteiger charge is -2.26. The molecule has 0 fully saturated rings. The minimum absolute atomic E-state index is 0.0224. The summed E-state index contributed by atoms with van der Waals surface area (Å²) in [7, 11) is 0. The molecule has 7 heteroatoms. The standard InChI is InChI=1S/C20H21ClO6/c1-5-24-18-15(19(22)25-6-2)17(27-20(18)23)12-9-26-13-8-7-10(3)11(4)14(13)16(12)21/h7-8,17H,5-6,9H2,1-4H3. The van der Waals surface area contributed by atoms with E-state index in [0.717, 1.165) is 16.7 Å². The smallest absolute Gasteiger partial charge is 0.375 e. The second-order valence-corrected chi connectivity index (χ2v) is 6.57. The summed E-state index contributed by atoms with van der Waals surface area (Å²) in [5.41, 5.74) is 3.27. The summed E-state index contributed by atoms with van der Waals surface area (Å²) >= 11 is 6.68. The van der Waals surface area contributed by atoms with E-state index in [1.54, 1.807) is 13.8 Å². The van der Waals surface area contributed by atoms with E-state index in [2.05, 4.69) is 0 Å². The molecule has 3 rings (SSSR count). The molecule has 2 aliphatic heterocycles. The number of carbonyl (C=O) groups excluding carboxylic acids is 2. The molecule has 1 atom stereocenters. The Morgan fingerprint density at radius 2 is 2.00 bits per heavy atom. The first-order valence-corrected chi connectivity index (χ1v) is 9.15. The molecule has 2 heterocycles. The summed E-state index contributed by atoms with van der Waals surface area (Å²) in [6, 6.07) is 3.81. The quantitative estimate of drug-likeness (QED) is 0.715. The van der Waals surface area contributed by atoms with Gasteiger partial charge in [-0.2, -0.15) is 0 Å². The van der Waals surface area contributed by atoms with Crippen molar-refractivity contribution in [1.29, 1.82) is 0 Å². The Labute approximate surface area is 162 Å². The number of halogens is 1. The predicted octanol–water partition coefficient (Wildman–Crippen LogP) is 3.42. The number of esters is 2. The number of aryl methyl sites for hydroxylation is 1. The van der Waals surface area contributed by atoms with Gasteiger partial charge in [0, 0.05) is 11.1 Å². The van der Waals surface area contributed by atoms with Crippen LogP contribution in [0.25, 0.3) is 5.03 Å². The fourth-order valence-corrected chi connectivity index (χ4v) is 3.53. The van der Waals surface area contributed by atoms with Crippen molar-refractivity contribution in [2.75, 3.05) is 19.8 Å². The van der Waals surface area contributed by atoms with Gasteiger partial charge in [0.15, 0.2) is 6.10 Å². The maximum atomic E-state index is 12.5. The van der Waals surface area contributed by atoms with Crippen molar-refractivity contribution in [2.24, 2.45) is 0 Å². The second kappa shape index (κ2) is 7.64. The normalized spacial score (nSPS) is 18.9. The molecule has 0 aliphatic carbocycles. The molecule has 6 nitrogen and oxygen atoms in total. The fourth-order valence-electron chi connectivity index (χ4n) is 3.14. The van der Waals surface area contributed by atoms with E-state index in [-0.39, 0.29) is 31.2 Å². The maximum absolute atomic E-state index is 12.5. The van der Waals surface area contributed by atoms with Crippen LogP contribution in [0.3, 0.4) is 0 Å². The van der Waals surface area contributed by atoms with Crippen molar-refractivity contribution in [3.05, 3.63) is 45.7 Å². The van der Waals surface area contributed by atoms with E-state index in [4.69, 9.17) is 30.5 Å². The van der Waals surface area contributed by atoms with E-state index in [0.29, 0.717) is 16.4 Å². The van der Waals surface area contributed by atoms with Crippen LogP contribution in [0.1, 0.15) is 30.5 Å². The molecule has 1 aromatic rings. The van der Waals surface area contributed by atoms with Crippen LogP contribution in [0.2, 0.25) is 0 Å². The predicted molar refractivity (Wildman–Crippen MR) is 99.3 cm³/mol. The molecule has 0 radical (unpaired) electrons. The van der Waals surface area contributed by atoms with Crippen LogP contribution in [-0.4, -0.2) is 37.9 Å². The van der Waals surface area contributed by atoms with Gasteiger partial charge >= 0.3 is 11.9 Å². The zero-order valence-corrected chi connectivity index (χ0v) is 16.4. The van der Waals surface area contributed by atoms with Crippen LogP contribution < -0.4 is 4.74 Å². The topological polar surface area (TPSA) is 71.1 Å². The third-order valence-electron chi connectivity index (χ3n) is 4.60. The molecule has 0 saturated carbocycles. The Bertz CT molecular complexity index is 867. The molecule has 0 aromatic heterocycles. The molecular formula is C20H21ClO6. The summed E-state index contributed by atoms with van der Waals surface area (Å²) in [4.78, 5) is 24.8. The monoisotopic (exact) mass is 392 g/mol. The average Bonchev–Trinajstić information content (AvgIpc) is 2.95. The summed E-state index contributed by atoms with van der Waals surface area (Å²) in [6.07, 6.45) is -1.00. The number of fused-ring (bicyclic) bond motifs is 1. The van der Waals surface area contributed by atoms with E-state index in [1.165, 1.54) is 0 Å². The highest BCUT2D eigenvalue weighted by atomic mass is 35.5. The maximum Gasteiger partial charge on any atom is 0.375 e. The third kappa shape index (κ3) is 3.30. The highest BCUT2D eigenvalue weighted by Gasteiger charge is 2.44. The highest BCUT2D eigenvalue weighted by molar-refractivity contribution is 6.50. The van der Waals surface area contributed by atoms with Gasteiger partial charge in [0.2, 0.25) is 5.76 Å². The van der Waals surface area contributed by atoms with Crippen molar-refractivity contribution in [1.82, 2.24) is 0 Å². The first kappa shape index (κ1) is 19.3. The largest absolute Gasteiger partial charge is 0.488 e. The molecular weight excluding hydrogens is 372 g/mol. The van der Waals surface area contributed by atoms with Gasteiger partial charge in [-0.3, -0.25) is 0 Å². The van der Waals surface area contributed by atoms with Gasteiger partial charge in [-0.25, -0.2) is 9.59 Å². The third-order valence-corrected chi connectivity index (χ3v) is 5.03. The Morgan fingerprint density at radius 3 is 2.67 bits per heavy atom. The fraction of sp³-hybridized carbons (Fsp3) is 0.400. The minimum atomic E-state index is -1.00. The summed E-state index contributed by atoms with van der Waals surface area (Å²) in [5.74, 6) is -0.860. The molecule has 144 valence electrons. The number of hydrogen-bond acceptors (Lipinski definition) is 6. The number of benzene rings is 1. The summed E-state index contributed by atoms with van der Waals surface area (Å²) in [5, 5.41) is 0.412. The minimum Gasteiger partial charge on any atom is -0.488 e. The molecule has 1 unspecified atom stereocenters.